The highest BCUT2D eigenvalue weighted by Gasteiger charge is 2.15. The molecule has 8 heteroatoms. The Morgan fingerprint density at radius 1 is 1.45 bits per heavy atom. The molecule has 2 aromatic rings. The highest BCUT2D eigenvalue weighted by atomic mass is 32.1. The van der Waals surface area contributed by atoms with Gasteiger partial charge >= 0.3 is 0 Å². The molecule has 2 N–H and O–H groups in total. The summed E-state index contributed by atoms with van der Waals surface area (Å²) >= 11 is 1.44. The van der Waals surface area contributed by atoms with E-state index in [1.807, 2.05) is 17.5 Å². The van der Waals surface area contributed by atoms with Crippen LogP contribution in [0.25, 0.3) is 0 Å². The second kappa shape index (κ2) is 5.93. The molecular weight excluding hydrogens is 282 g/mol. The molecule has 0 spiro atoms. The van der Waals surface area contributed by atoms with Gasteiger partial charge in [0.25, 0.3) is 11.6 Å². The number of carbonyl (C=O) groups is 1. The highest BCUT2D eigenvalue weighted by Crippen LogP contribution is 2.22. The van der Waals surface area contributed by atoms with Crippen LogP contribution in [-0.2, 0) is 0 Å². The molecule has 7 nitrogen and oxygen atoms in total. The maximum Gasteiger partial charge on any atom is 0.275 e. The number of phenolic OH excluding ortho intramolecular Hbond substituents is 1. The van der Waals surface area contributed by atoms with E-state index >= 15 is 0 Å². The first-order chi connectivity index (χ1) is 9.58. The summed E-state index contributed by atoms with van der Waals surface area (Å²) in [5, 5.41) is 25.7. The summed E-state index contributed by atoms with van der Waals surface area (Å²) in [7, 11) is 0. The molecule has 1 heterocycles. The number of thiophene rings is 1. The number of nitro benzene ring substituents is 1. The van der Waals surface area contributed by atoms with Crippen LogP contribution in [0, 0.1) is 10.1 Å². The molecule has 0 bridgehead atoms. The topological polar surface area (TPSA) is 105 Å². The Morgan fingerprint density at radius 2 is 2.25 bits per heavy atom. The number of non-ortho nitro benzene ring substituents is 1. The zero-order valence-corrected chi connectivity index (χ0v) is 10.8. The van der Waals surface area contributed by atoms with E-state index in [9.17, 15) is 20.0 Å². The minimum absolute atomic E-state index is 0.206. The number of nitro groups is 1. The number of aromatic hydroxyl groups is 1. The van der Waals surface area contributed by atoms with Crippen molar-refractivity contribution in [1.29, 1.82) is 0 Å². The molecule has 0 fully saturated rings. The third-order valence-electron chi connectivity index (χ3n) is 2.34. The average molecular weight is 291 g/mol. The summed E-state index contributed by atoms with van der Waals surface area (Å²) < 4.78 is 0. The Kier molecular flexibility index (Phi) is 4.06. The lowest BCUT2D eigenvalue weighted by atomic mass is 10.1. The van der Waals surface area contributed by atoms with Crippen LogP contribution in [0.1, 0.15) is 15.2 Å². The Balaban J connectivity index is 2.12. The number of carbonyl (C=O) groups excluding carboxylic acids is 1. The van der Waals surface area contributed by atoms with Gasteiger partial charge in [-0.05, 0) is 17.5 Å². The van der Waals surface area contributed by atoms with E-state index in [0.717, 1.165) is 23.1 Å². The molecule has 0 atom stereocenters. The van der Waals surface area contributed by atoms with Gasteiger partial charge in [-0.3, -0.25) is 14.9 Å². The molecule has 20 heavy (non-hydrogen) atoms. The predicted molar refractivity (Wildman–Crippen MR) is 74.1 cm³/mol. The summed E-state index contributed by atoms with van der Waals surface area (Å²) in [5.74, 6) is -1.07. The Morgan fingerprint density at radius 3 is 2.90 bits per heavy atom. The third-order valence-corrected chi connectivity index (χ3v) is 3.14. The number of nitrogens with one attached hydrogen (secondary N) is 1. The fourth-order valence-electron chi connectivity index (χ4n) is 1.40. The highest BCUT2D eigenvalue weighted by molar-refractivity contribution is 7.11. The monoisotopic (exact) mass is 291 g/mol. The van der Waals surface area contributed by atoms with Crippen molar-refractivity contribution >= 4 is 29.1 Å². The molecule has 2 rings (SSSR count). The molecular formula is C12H9N3O4S. The van der Waals surface area contributed by atoms with Crippen LogP contribution in [0.15, 0.2) is 40.8 Å². The van der Waals surface area contributed by atoms with Crippen molar-refractivity contribution in [2.24, 2.45) is 5.10 Å². The van der Waals surface area contributed by atoms with Gasteiger partial charge in [0.05, 0.1) is 16.7 Å². The molecule has 0 radical (unpaired) electrons. The standard InChI is InChI=1S/C12H9N3O4S/c16-11-4-3-8(15(18)19)6-10(11)12(17)14-13-7-9-2-1-5-20-9/h1-7,16H,(H,14,17)/b13-7+. The van der Waals surface area contributed by atoms with Gasteiger partial charge in [-0.1, -0.05) is 6.07 Å². The van der Waals surface area contributed by atoms with Gasteiger partial charge < -0.3 is 5.11 Å². The summed E-state index contributed by atoms with van der Waals surface area (Å²) in [6.45, 7) is 0. The summed E-state index contributed by atoms with van der Waals surface area (Å²) in [4.78, 5) is 22.6. The molecule has 1 amide bonds. The van der Waals surface area contributed by atoms with Crippen molar-refractivity contribution in [2.45, 2.75) is 0 Å². The lowest BCUT2D eigenvalue weighted by Gasteiger charge is -2.02. The van der Waals surface area contributed by atoms with Crippen LogP contribution in [0.5, 0.6) is 5.75 Å². The first-order valence-electron chi connectivity index (χ1n) is 5.42. The summed E-state index contributed by atoms with van der Waals surface area (Å²) in [6.07, 6.45) is 1.44. The molecule has 0 aliphatic heterocycles. The van der Waals surface area contributed by atoms with Crippen LogP contribution in [0.4, 0.5) is 5.69 Å². The van der Waals surface area contributed by atoms with Crippen molar-refractivity contribution in [1.82, 2.24) is 5.43 Å². The second-order valence-electron chi connectivity index (χ2n) is 3.67. The normalized spacial score (nSPS) is 10.6. The minimum Gasteiger partial charge on any atom is -0.507 e. The molecule has 1 aromatic heterocycles. The Bertz CT molecular complexity index is 667. The number of phenols is 1. The molecule has 0 unspecified atom stereocenters. The van der Waals surface area contributed by atoms with Crippen molar-refractivity contribution in [3.8, 4) is 5.75 Å². The number of hydrazone groups is 1. The number of benzene rings is 1. The smallest absolute Gasteiger partial charge is 0.275 e. The molecule has 0 aliphatic carbocycles. The molecule has 0 saturated carbocycles. The largest absolute Gasteiger partial charge is 0.507 e. The fraction of sp³-hybridized carbons (Fsp3) is 0. The van der Waals surface area contributed by atoms with E-state index in [-0.39, 0.29) is 17.0 Å². The molecule has 0 saturated heterocycles. The van der Waals surface area contributed by atoms with Crippen LogP contribution < -0.4 is 5.43 Å². The van der Waals surface area contributed by atoms with E-state index in [0.29, 0.717) is 0 Å². The zero-order chi connectivity index (χ0) is 14.5. The fourth-order valence-corrected chi connectivity index (χ4v) is 1.98. The van der Waals surface area contributed by atoms with Gasteiger partial charge in [0, 0.05) is 17.0 Å². The number of hydrogen-bond donors (Lipinski definition) is 2. The first-order valence-corrected chi connectivity index (χ1v) is 6.30. The van der Waals surface area contributed by atoms with E-state index < -0.39 is 10.8 Å². The van der Waals surface area contributed by atoms with Gasteiger partial charge in [-0.15, -0.1) is 11.3 Å². The summed E-state index contributed by atoms with van der Waals surface area (Å²) in [5.41, 5.74) is 1.71. The first kappa shape index (κ1) is 13.7. The second-order valence-corrected chi connectivity index (χ2v) is 4.65. The molecule has 0 aliphatic rings. The van der Waals surface area contributed by atoms with Gasteiger partial charge in [0.2, 0.25) is 0 Å². The number of rotatable bonds is 4. The van der Waals surface area contributed by atoms with Crippen LogP contribution in [0.3, 0.4) is 0 Å². The van der Waals surface area contributed by atoms with E-state index in [1.54, 1.807) is 0 Å². The third kappa shape index (κ3) is 3.18. The zero-order valence-electron chi connectivity index (χ0n) is 10.0. The maximum absolute atomic E-state index is 11.8. The number of nitrogens with zero attached hydrogens (tertiary/aromatic N) is 2. The van der Waals surface area contributed by atoms with Gasteiger partial charge in [0.1, 0.15) is 5.75 Å². The van der Waals surface area contributed by atoms with Crippen molar-refractivity contribution in [2.75, 3.05) is 0 Å². The SMILES string of the molecule is O=C(N/N=C/c1cccs1)c1cc([N+](=O)[O-])ccc1O. The quantitative estimate of drug-likeness (QED) is 0.511. The Hall–Kier alpha value is -2.74. The van der Waals surface area contributed by atoms with E-state index in [4.69, 9.17) is 0 Å². The number of amides is 1. The minimum atomic E-state index is -0.723. The lowest BCUT2D eigenvalue weighted by Crippen LogP contribution is -2.17. The van der Waals surface area contributed by atoms with Gasteiger partial charge in [-0.25, -0.2) is 5.43 Å². The lowest BCUT2D eigenvalue weighted by molar-refractivity contribution is -0.384. The van der Waals surface area contributed by atoms with Crippen LogP contribution in [0.2, 0.25) is 0 Å². The summed E-state index contributed by atoms with van der Waals surface area (Å²) in [6, 6.07) is 6.84. The van der Waals surface area contributed by atoms with Crippen molar-refractivity contribution in [3.05, 3.63) is 56.3 Å². The van der Waals surface area contributed by atoms with E-state index in [1.165, 1.54) is 17.6 Å². The average Bonchev–Trinajstić information content (AvgIpc) is 2.92. The van der Waals surface area contributed by atoms with Crippen molar-refractivity contribution < 1.29 is 14.8 Å². The molecule has 1 aromatic carbocycles. The van der Waals surface area contributed by atoms with Gasteiger partial charge in [0.15, 0.2) is 0 Å². The van der Waals surface area contributed by atoms with E-state index in [2.05, 4.69) is 10.5 Å². The Labute approximate surface area is 117 Å². The number of hydrogen-bond acceptors (Lipinski definition) is 6. The van der Waals surface area contributed by atoms with Crippen molar-refractivity contribution in [3.63, 3.8) is 0 Å². The van der Waals surface area contributed by atoms with Gasteiger partial charge in [-0.2, -0.15) is 5.10 Å². The molecule has 102 valence electrons. The predicted octanol–water partition coefficient (Wildman–Crippen LogP) is 2.13. The maximum atomic E-state index is 11.8. The van der Waals surface area contributed by atoms with Crippen LogP contribution >= 0.6 is 11.3 Å². The van der Waals surface area contributed by atoms with Crippen LogP contribution in [-0.4, -0.2) is 22.2 Å².